The minimum atomic E-state index is 0.653. The predicted molar refractivity (Wildman–Crippen MR) is 99.7 cm³/mol. The second-order valence-electron chi connectivity index (χ2n) is 7.54. The van der Waals surface area contributed by atoms with Crippen LogP contribution in [0.25, 0.3) is 0 Å². The summed E-state index contributed by atoms with van der Waals surface area (Å²) in [4.78, 5) is 9.29. The van der Waals surface area contributed by atoms with Crippen molar-refractivity contribution in [3.63, 3.8) is 0 Å². The number of hydrogen-bond acceptors (Lipinski definition) is 5. The average molecular weight is 340 g/mol. The van der Waals surface area contributed by atoms with E-state index in [1.807, 2.05) is 6.20 Å². The Balaban J connectivity index is 1.29. The molecule has 5 nitrogen and oxygen atoms in total. The molecular weight excluding hydrogens is 312 g/mol. The molecule has 134 valence electrons. The Morgan fingerprint density at radius 1 is 1.16 bits per heavy atom. The first kappa shape index (κ1) is 16.6. The van der Waals surface area contributed by atoms with Gasteiger partial charge in [-0.25, -0.2) is 4.98 Å². The number of piperazine rings is 1. The van der Waals surface area contributed by atoms with Crippen LogP contribution in [0.2, 0.25) is 0 Å². The van der Waals surface area contributed by atoms with E-state index in [1.54, 1.807) is 0 Å². The lowest BCUT2D eigenvalue weighted by molar-refractivity contribution is 0.312. The molecule has 1 aliphatic heterocycles. The smallest absolute Gasteiger partial charge is 0.128 e. The summed E-state index contributed by atoms with van der Waals surface area (Å²) in [5.74, 6) is 4.72. The standard InChI is InChI=1S/C20H28N4O/c1-15-11-18(15)19-4-3-17(25-19)14-21-13-16-5-6-22-20(12-16)24-9-7-23(2)8-10-24/h3-6,12,15,18,21H,7-11,13-14H2,1-2H3. The van der Waals surface area contributed by atoms with Crippen LogP contribution in [0.4, 0.5) is 5.82 Å². The minimum absolute atomic E-state index is 0.653. The van der Waals surface area contributed by atoms with Gasteiger partial charge >= 0.3 is 0 Å². The van der Waals surface area contributed by atoms with Gasteiger partial charge in [-0.05, 0) is 49.2 Å². The van der Waals surface area contributed by atoms with E-state index in [2.05, 4.69) is 58.3 Å². The van der Waals surface area contributed by atoms with E-state index in [-0.39, 0.29) is 0 Å². The molecule has 1 aliphatic carbocycles. The molecule has 2 aliphatic rings. The van der Waals surface area contributed by atoms with E-state index < -0.39 is 0 Å². The van der Waals surface area contributed by atoms with Gasteiger partial charge in [-0.3, -0.25) is 0 Å². The summed E-state index contributed by atoms with van der Waals surface area (Å²) in [7, 11) is 2.18. The van der Waals surface area contributed by atoms with Crippen molar-refractivity contribution in [1.29, 1.82) is 0 Å². The molecule has 0 aromatic carbocycles. The first-order valence-corrected chi connectivity index (χ1v) is 9.37. The normalized spacial score (nSPS) is 23.8. The summed E-state index contributed by atoms with van der Waals surface area (Å²) in [6.45, 7) is 8.19. The maximum atomic E-state index is 5.96. The largest absolute Gasteiger partial charge is 0.464 e. The minimum Gasteiger partial charge on any atom is -0.464 e. The Kier molecular flexibility index (Phi) is 4.77. The predicted octanol–water partition coefficient (Wildman–Crippen LogP) is 2.84. The molecule has 5 heteroatoms. The summed E-state index contributed by atoms with van der Waals surface area (Å²) < 4.78 is 5.96. The summed E-state index contributed by atoms with van der Waals surface area (Å²) >= 11 is 0. The third-order valence-electron chi connectivity index (χ3n) is 5.42. The molecule has 3 heterocycles. The van der Waals surface area contributed by atoms with Crippen molar-refractivity contribution in [2.45, 2.75) is 32.4 Å². The van der Waals surface area contributed by atoms with Crippen molar-refractivity contribution in [2.24, 2.45) is 5.92 Å². The summed E-state index contributed by atoms with van der Waals surface area (Å²) in [6, 6.07) is 8.54. The van der Waals surface area contributed by atoms with Crippen molar-refractivity contribution >= 4 is 5.82 Å². The van der Waals surface area contributed by atoms with Crippen LogP contribution in [0.15, 0.2) is 34.9 Å². The zero-order valence-electron chi connectivity index (χ0n) is 15.2. The molecule has 2 atom stereocenters. The highest BCUT2D eigenvalue weighted by Crippen LogP contribution is 2.47. The Labute approximate surface area is 150 Å². The molecule has 25 heavy (non-hydrogen) atoms. The second kappa shape index (κ2) is 7.18. The van der Waals surface area contributed by atoms with Crippen LogP contribution in [-0.2, 0) is 13.1 Å². The second-order valence-corrected chi connectivity index (χ2v) is 7.54. The average Bonchev–Trinajstić information content (AvgIpc) is 3.17. The fraction of sp³-hybridized carbons (Fsp3) is 0.550. The molecule has 2 aromatic rings. The molecule has 0 bridgehead atoms. The van der Waals surface area contributed by atoms with Crippen molar-refractivity contribution < 1.29 is 4.42 Å². The highest BCUT2D eigenvalue weighted by Gasteiger charge is 2.36. The van der Waals surface area contributed by atoms with Gasteiger partial charge < -0.3 is 19.5 Å². The van der Waals surface area contributed by atoms with Crippen LogP contribution in [0.3, 0.4) is 0 Å². The molecule has 2 unspecified atom stereocenters. The number of pyridine rings is 1. The van der Waals surface area contributed by atoms with E-state index in [0.29, 0.717) is 5.92 Å². The molecule has 2 aromatic heterocycles. The Morgan fingerprint density at radius 3 is 2.72 bits per heavy atom. The molecule has 4 rings (SSSR count). The summed E-state index contributed by atoms with van der Waals surface area (Å²) in [6.07, 6.45) is 3.19. The zero-order chi connectivity index (χ0) is 17.2. The fourth-order valence-corrected chi connectivity index (χ4v) is 3.52. The molecule has 0 amide bonds. The van der Waals surface area contributed by atoms with Crippen LogP contribution in [0.1, 0.15) is 36.3 Å². The molecule has 0 radical (unpaired) electrons. The van der Waals surface area contributed by atoms with Gasteiger partial charge in [0, 0.05) is 44.8 Å². The number of anilines is 1. The van der Waals surface area contributed by atoms with Gasteiger partial charge in [0.15, 0.2) is 0 Å². The molecule has 2 fully saturated rings. The van der Waals surface area contributed by atoms with Crippen LogP contribution in [0, 0.1) is 5.92 Å². The quantitative estimate of drug-likeness (QED) is 0.876. The zero-order valence-corrected chi connectivity index (χ0v) is 15.2. The highest BCUT2D eigenvalue weighted by molar-refractivity contribution is 5.41. The third kappa shape index (κ3) is 4.05. The third-order valence-corrected chi connectivity index (χ3v) is 5.42. The van der Waals surface area contributed by atoms with Crippen LogP contribution in [-0.4, -0.2) is 43.1 Å². The van der Waals surface area contributed by atoms with Crippen molar-refractivity contribution in [1.82, 2.24) is 15.2 Å². The van der Waals surface area contributed by atoms with Crippen LogP contribution < -0.4 is 10.2 Å². The number of rotatable bonds is 6. The Hall–Kier alpha value is -1.85. The van der Waals surface area contributed by atoms with Gasteiger partial charge in [0.05, 0.1) is 6.54 Å². The van der Waals surface area contributed by atoms with Crippen LogP contribution in [0.5, 0.6) is 0 Å². The van der Waals surface area contributed by atoms with Gasteiger partial charge in [0.25, 0.3) is 0 Å². The molecular formula is C20H28N4O. The molecule has 1 N–H and O–H groups in total. The first-order chi connectivity index (χ1) is 12.2. The van der Waals surface area contributed by atoms with Crippen LogP contribution >= 0.6 is 0 Å². The lowest BCUT2D eigenvalue weighted by Gasteiger charge is -2.33. The maximum absolute atomic E-state index is 5.96. The maximum Gasteiger partial charge on any atom is 0.128 e. The lowest BCUT2D eigenvalue weighted by Crippen LogP contribution is -2.44. The molecule has 1 saturated heterocycles. The highest BCUT2D eigenvalue weighted by atomic mass is 16.3. The SMILES string of the molecule is CC1CC1c1ccc(CNCc2ccnc(N3CCN(C)CC3)c2)o1. The fourth-order valence-electron chi connectivity index (χ4n) is 3.52. The van der Waals surface area contributed by atoms with Gasteiger partial charge in [0.2, 0.25) is 0 Å². The Bertz CT molecular complexity index is 705. The van der Waals surface area contributed by atoms with E-state index in [4.69, 9.17) is 4.42 Å². The topological polar surface area (TPSA) is 44.5 Å². The molecule has 0 spiro atoms. The molecule has 1 saturated carbocycles. The van der Waals surface area contributed by atoms with E-state index in [9.17, 15) is 0 Å². The van der Waals surface area contributed by atoms with Gasteiger partial charge in [0.1, 0.15) is 17.3 Å². The van der Waals surface area contributed by atoms with Crippen molar-refractivity contribution in [3.8, 4) is 0 Å². The summed E-state index contributed by atoms with van der Waals surface area (Å²) in [5.41, 5.74) is 1.27. The van der Waals surface area contributed by atoms with Crippen molar-refractivity contribution in [3.05, 3.63) is 47.5 Å². The monoisotopic (exact) mass is 340 g/mol. The number of furan rings is 1. The number of hydrogen-bond donors (Lipinski definition) is 1. The van der Waals surface area contributed by atoms with Gasteiger partial charge in [-0.2, -0.15) is 0 Å². The van der Waals surface area contributed by atoms with E-state index in [0.717, 1.165) is 62.5 Å². The number of aromatic nitrogens is 1. The van der Waals surface area contributed by atoms with Gasteiger partial charge in [-0.1, -0.05) is 6.92 Å². The first-order valence-electron chi connectivity index (χ1n) is 9.37. The summed E-state index contributed by atoms with van der Waals surface area (Å²) in [5, 5.41) is 3.49. The van der Waals surface area contributed by atoms with E-state index in [1.165, 1.54) is 12.0 Å². The van der Waals surface area contributed by atoms with Gasteiger partial charge in [-0.15, -0.1) is 0 Å². The number of nitrogens with one attached hydrogen (secondary N) is 1. The van der Waals surface area contributed by atoms with E-state index >= 15 is 0 Å². The number of nitrogens with zero attached hydrogens (tertiary/aromatic N) is 3. The van der Waals surface area contributed by atoms with Crippen molar-refractivity contribution in [2.75, 3.05) is 38.1 Å². The Morgan fingerprint density at radius 2 is 1.96 bits per heavy atom. The number of likely N-dealkylation sites (N-methyl/N-ethyl adjacent to an activating group) is 1. The lowest BCUT2D eigenvalue weighted by atomic mass is 10.2.